The Hall–Kier alpha value is -1.72. The average molecular weight is 400 g/mol. The minimum atomic E-state index is -1.07. The second kappa shape index (κ2) is 6.78. The number of rotatable bonds is 5. The Balaban J connectivity index is 1.81. The van der Waals surface area contributed by atoms with Crippen molar-refractivity contribution in [2.24, 2.45) is 18.2 Å². The average Bonchev–Trinajstić information content (AvgIpc) is 2.62. The van der Waals surface area contributed by atoms with Gasteiger partial charge in [0.15, 0.2) is 0 Å². The van der Waals surface area contributed by atoms with E-state index in [1.54, 1.807) is 16.5 Å². The van der Waals surface area contributed by atoms with Gasteiger partial charge in [-0.25, -0.2) is 4.57 Å². The number of β-lactam (4-membered cyclic amide) rings is 1. The molecule has 11 heteroatoms. The van der Waals surface area contributed by atoms with E-state index >= 15 is 0 Å². The standard InChI is InChI=1S/C15H22N6O3S2/c1-3-7-9(17)19-14(20(2)10(7)18)26-6-15(13(23)24)4-21-11(22)8(16)12(21)25-5-15/h8,12H,3-6,16H2,1-2H3,(H4,17,18,23,24)/p+1/t8?,12-,15?/m1/s1. The summed E-state index contributed by atoms with van der Waals surface area (Å²) in [6.07, 6.45) is 0.665. The highest BCUT2D eigenvalue weighted by molar-refractivity contribution is 8.00. The van der Waals surface area contributed by atoms with Crippen LogP contribution in [0.15, 0.2) is 5.16 Å². The van der Waals surface area contributed by atoms with Crippen molar-refractivity contribution in [1.29, 1.82) is 0 Å². The molecule has 0 aromatic carbocycles. The van der Waals surface area contributed by atoms with Crippen LogP contribution in [0.1, 0.15) is 12.5 Å². The van der Waals surface area contributed by atoms with Crippen LogP contribution in [-0.2, 0) is 23.1 Å². The van der Waals surface area contributed by atoms with Gasteiger partial charge in [0.05, 0.1) is 12.6 Å². The van der Waals surface area contributed by atoms with Gasteiger partial charge < -0.3 is 27.2 Å². The number of amides is 1. The fraction of sp³-hybridized carbons (Fsp3) is 0.600. The third-order valence-corrected chi connectivity index (χ3v) is 7.88. The van der Waals surface area contributed by atoms with Gasteiger partial charge in [0.2, 0.25) is 17.5 Å². The fourth-order valence-corrected chi connectivity index (χ4v) is 5.98. The lowest BCUT2D eigenvalue weighted by atomic mass is 9.89. The number of hydrogen-bond acceptors (Lipinski definition) is 8. The Morgan fingerprint density at radius 1 is 1.54 bits per heavy atom. The van der Waals surface area contributed by atoms with E-state index in [1.807, 2.05) is 6.92 Å². The van der Waals surface area contributed by atoms with E-state index in [9.17, 15) is 14.7 Å². The zero-order chi connectivity index (χ0) is 19.2. The molecule has 1 amide bonds. The van der Waals surface area contributed by atoms with Crippen molar-refractivity contribution in [2.45, 2.75) is 29.9 Å². The van der Waals surface area contributed by atoms with Crippen LogP contribution in [-0.4, -0.2) is 56.3 Å². The zero-order valence-corrected chi connectivity index (χ0v) is 16.3. The molecule has 0 saturated carbocycles. The number of thioether (sulfide) groups is 2. The first kappa shape index (κ1) is 19.1. The van der Waals surface area contributed by atoms with Crippen molar-refractivity contribution in [3.63, 3.8) is 0 Å². The Kier molecular flexibility index (Phi) is 4.97. The van der Waals surface area contributed by atoms with Crippen molar-refractivity contribution in [3.8, 4) is 0 Å². The summed E-state index contributed by atoms with van der Waals surface area (Å²) < 4.78 is 1.72. The van der Waals surface area contributed by atoms with Gasteiger partial charge in [-0.1, -0.05) is 23.7 Å². The summed E-state index contributed by atoms with van der Waals surface area (Å²) in [7, 11) is 1.78. The van der Waals surface area contributed by atoms with Gasteiger partial charge in [0, 0.05) is 18.1 Å². The van der Waals surface area contributed by atoms with Gasteiger partial charge in [-0.2, -0.15) is 0 Å². The Bertz CT molecular complexity index is 776. The third kappa shape index (κ3) is 2.87. The SMILES string of the molecule is CCc1c(N)nc(SCC2(C(=O)O)CS[C@@H]3C(N)C(=O)N3C2)[n+](C)c1N. The fourth-order valence-electron chi connectivity index (χ4n) is 3.18. The Labute approximate surface area is 159 Å². The number of nitrogen functional groups attached to an aromatic ring is 2. The molecule has 1 aromatic heterocycles. The zero-order valence-electron chi connectivity index (χ0n) is 14.6. The molecule has 1 aromatic rings. The van der Waals surface area contributed by atoms with E-state index in [0.717, 1.165) is 5.56 Å². The topological polar surface area (TPSA) is 152 Å². The molecule has 2 aliphatic rings. The number of carbonyl (C=O) groups excluding carboxylic acids is 1. The molecule has 26 heavy (non-hydrogen) atoms. The van der Waals surface area contributed by atoms with E-state index in [1.165, 1.54) is 23.5 Å². The van der Waals surface area contributed by atoms with Crippen LogP contribution < -0.4 is 21.8 Å². The van der Waals surface area contributed by atoms with Gasteiger partial charge in [-0.3, -0.25) is 9.59 Å². The molecule has 2 saturated heterocycles. The van der Waals surface area contributed by atoms with Gasteiger partial charge >= 0.3 is 11.1 Å². The minimum absolute atomic E-state index is 0.121. The first-order valence-corrected chi connectivity index (χ1v) is 10.2. The molecule has 9 nitrogen and oxygen atoms in total. The van der Waals surface area contributed by atoms with Crippen LogP contribution in [0.4, 0.5) is 11.6 Å². The number of hydrogen-bond donors (Lipinski definition) is 4. The molecule has 0 aliphatic carbocycles. The predicted octanol–water partition coefficient (Wildman–Crippen LogP) is -0.962. The molecular formula is C15H23N6O3S2+. The highest BCUT2D eigenvalue weighted by atomic mass is 32.2. The van der Waals surface area contributed by atoms with Crippen LogP contribution >= 0.6 is 23.5 Å². The first-order chi connectivity index (χ1) is 12.2. The summed E-state index contributed by atoms with van der Waals surface area (Å²) >= 11 is 2.71. The van der Waals surface area contributed by atoms with Gasteiger partial charge in [-0.05, 0) is 6.42 Å². The Morgan fingerprint density at radius 3 is 2.85 bits per heavy atom. The van der Waals surface area contributed by atoms with Crippen molar-refractivity contribution in [2.75, 3.05) is 29.5 Å². The van der Waals surface area contributed by atoms with E-state index in [0.29, 0.717) is 29.0 Å². The van der Waals surface area contributed by atoms with Crippen molar-refractivity contribution in [1.82, 2.24) is 9.88 Å². The van der Waals surface area contributed by atoms with Gasteiger partial charge in [0.25, 0.3) is 0 Å². The van der Waals surface area contributed by atoms with Gasteiger partial charge in [-0.15, -0.1) is 11.8 Å². The van der Waals surface area contributed by atoms with Crippen LogP contribution in [0.25, 0.3) is 0 Å². The smallest absolute Gasteiger partial charge is 0.313 e. The van der Waals surface area contributed by atoms with Gasteiger partial charge in [0.1, 0.15) is 16.8 Å². The number of carboxylic acid groups (broad SMARTS) is 1. The number of anilines is 2. The largest absolute Gasteiger partial charge is 0.481 e. The summed E-state index contributed by atoms with van der Waals surface area (Å²) in [5.74, 6) is 0.400. The lowest BCUT2D eigenvalue weighted by Crippen LogP contribution is -2.72. The summed E-state index contributed by atoms with van der Waals surface area (Å²) in [5, 5.41) is 10.3. The molecule has 0 radical (unpaired) electrons. The number of aliphatic carboxylic acids is 1. The summed E-state index contributed by atoms with van der Waals surface area (Å²) in [5.41, 5.74) is 17.6. The number of carbonyl (C=O) groups is 2. The molecule has 2 aliphatic heterocycles. The number of fused-ring (bicyclic) bond motifs is 1. The Morgan fingerprint density at radius 2 is 2.23 bits per heavy atom. The number of nitrogens with two attached hydrogens (primary N) is 3. The second-order valence-corrected chi connectivity index (χ2v) is 8.67. The highest BCUT2D eigenvalue weighted by Gasteiger charge is 2.56. The number of carboxylic acids is 1. The van der Waals surface area contributed by atoms with Crippen LogP contribution in [0, 0.1) is 5.41 Å². The normalized spacial score (nSPS) is 27.8. The molecular weight excluding hydrogens is 376 g/mol. The van der Waals surface area contributed by atoms with Crippen molar-refractivity contribution >= 4 is 47.0 Å². The van der Waals surface area contributed by atoms with Crippen molar-refractivity contribution in [3.05, 3.63) is 5.56 Å². The minimum Gasteiger partial charge on any atom is -0.481 e. The lowest BCUT2D eigenvalue weighted by Gasteiger charge is -2.52. The molecule has 2 fully saturated rings. The molecule has 142 valence electrons. The molecule has 0 bridgehead atoms. The van der Waals surface area contributed by atoms with E-state index in [2.05, 4.69) is 4.98 Å². The summed E-state index contributed by atoms with van der Waals surface area (Å²) in [6.45, 7) is 2.10. The quantitative estimate of drug-likeness (QED) is 0.212. The van der Waals surface area contributed by atoms with Crippen LogP contribution in [0.3, 0.4) is 0 Å². The molecule has 3 heterocycles. The maximum atomic E-state index is 12.0. The maximum Gasteiger partial charge on any atom is 0.313 e. The second-order valence-electron chi connectivity index (χ2n) is 6.62. The lowest BCUT2D eigenvalue weighted by molar-refractivity contribution is -0.699. The monoisotopic (exact) mass is 399 g/mol. The number of nitrogens with zero attached hydrogens (tertiary/aromatic N) is 3. The molecule has 3 atom stereocenters. The molecule has 2 unspecified atom stereocenters. The predicted molar refractivity (Wildman–Crippen MR) is 100 cm³/mol. The van der Waals surface area contributed by atoms with E-state index in [-0.39, 0.29) is 23.6 Å². The summed E-state index contributed by atoms with van der Waals surface area (Å²) in [4.78, 5) is 29.9. The number of aromatic nitrogens is 2. The maximum absolute atomic E-state index is 12.0. The van der Waals surface area contributed by atoms with E-state index < -0.39 is 17.4 Å². The first-order valence-electron chi connectivity index (χ1n) is 8.19. The molecule has 0 spiro atoms. The van der Waals surface area contributed by atoms with Crippen LogP contribution in [0.5, 0.6) is 0 Å². The molecule has 7 N–H and O–H groups in total. The van der Waals surface area contributed by atoms with Crippen LogP contribution in [0.2, 0.25) is 0 Å². The highest BCUT2D eigenvalue weighted by Crippen LogP contribution is 2.43. The summed E-state index contributed by atoms with van der Waals surface area (Å²) in [6, 6.07) is -0.528. The molecule has 3 rings (SSSR count). The third-order valence-electron chi connectivity index (χ3n) is 4.95. The van der Waals surface area contributed by atoms with E-state index in [4.69, 9.17) is 17.2 Å². The van der Waals surface area contributed by atoms with Crippen molar-refractivity contribution < 1.29 is 19.3 Å².